The van der Waals surface area contributed by atoms with Gasteiger partial charge in [0.1, 0.15) is 0 Å². The largest absolute Gasteiger partial charge is 0.480 e. The Morgan fingerprint density at radius 2 is 0.769 bits per heavy atom. The molecular weight excluding hydrogens is 424 g/mol. The molecule has 0 aromatic heterocycles. The van der Waals surface area contributed by atoms with E-state index in [0.29, 0.717) is 0 Å². The summed E-state index contributed by atoms with van der Waals surface area (Å²) >= 11 is 0. The van der Waals surface area contributed by atoms with Gasteiger partial charge in [-0.1, -0.05) is 0 Å². The van der Waals surface area contributed by atoms with E-state index in [1.807, 2.05) is 0 Å². The zero-order chi connectivity index (χ0) is 22.0. The predicted molar refractivity (Wildman–Crippen MR) is 93.1 cm³/mol. The second-order valence-corrected chi connectivity index (χ2v) is 8.54. The zero-order valence-corrected chi connectivity index (χ0v) is 16.1. The van der Waals surface area contributed by atoms with Gasteiger partial charge in [0.05, 0.1) is 23.8 Å². The van der Waals surface area contributed by atoms with Gasteiger partial charge in [-0.2, -0.15) is 25.3 Å². The Kier molecular flexibility index (Phi) is 21.9. The molecule has 0 bridgehead atoms. The van der Waals surface area contributed by atoms with Crippen LogP contribution in [0.1, 0.15) is 0 Å². The summed E-state index contributed by atoms with van der Waals surface area (Å²) in [5.74, 6) is -2.03. The standard InChI is InChI=1S/3C2H7NO3S.C2H5NO2/c3*3-1-2-7(4,5)6;3-1-2(4)5/h3*1-3H2,(H,4,5,6);1,3H2,(H,4,5). The van der Waals surface area contributed by atoms with Crippen molar-refractivity contribution < 1.29 is 48.8 Å². The highest BCUT2D eigenvalue weighted by Gasteiger charge is 1.99. The third-order valence-electron chi connectivity index (χ3n) is 1.30. The summed E-state index contributed by atoms with van der Waals surface area (Å²) in [5, 5.41) is 7.60. The molecule has 0 spiro atoms. The third kappa shape index (κ3) is 65.8. The Hall–Kier alpha value is -0.960. The second kappa shape index (κ2) is 17.5. The quantitative estimate of drug-likeness (QED) is 0.169. The van der Waals surface area contributed by atoms with E-state index >= 15 is 0 Å². The molecule has 26 heavy (non-hydrogen) atoms. The molecule has 0 aliphatic heterocycles. The fourth-order valence-electron chi connectivity index (χ4n) is 0.447. The van der Waals surface area contributed by atoms with Crippen molar-refractivity contribution in [3.63, 3.8) is 0 Å². The molecular formula is C8H26N4O11S3. The Labute approximate surface area is 152 Å². The lowest BCUT2D eigenvalue weighted by Gasteiger charge is -1.86. The van der Waals surface area contributed by atoms with Gasteiger partial charge >= 0.3 is 5.97 Å². The van der Waals surface area contributed by atoms with Crippen LogP contribution in [0.25, 0.3) is 0 Å². The monoisotopic (exact) mass is 450 g/mol. The molecule has 0 aromatic rings. The first-order chi connectivity index (χ1) is 11.5. The average Bonchev–Trinajstić information content (AvgIpc) is 2.36. The molecule has 0 rings (SSSR count). The van der Waals surface area contributed by atoms with E-state index in [1.54, 1.807) is 0 Å². The molecule has 0 aromatic carbocycles. The van der Waals surface area contributed by atoms with Crippen LogP contribution in [0, 0.1) is 0 Å². The van der Waals surface area contributed by atoms with Crippen molar-refractivity contribution in [2.45, 2.75) is 0 Å². The van der Waals surface area contributed by atoms with Crippen LogP contribution in [-0.2, 0) is 35.1 Å². The molecule has 0 radical (unpaired) electrons. The highest BCUT2D eigenvalue weighted by atomic mass is 32.2. The van der Waals surface area contributed by atoms with Crippen molar-refractivity contribution in [3.05, 3.63) is 0 Å². The van der Waals surface area contributed by atoms with Gasteiger partial charge in [-0.3, -0.25) is 18.5 Å². The topological polar surface area (TPSA) is 304 Å². The van der Waals surface area contributed by atoms with Crippen LogP contribution in [0.4, 0.5) is 0 Å². The zero-order valence-electron chi connectivity index (χ0n) is 13.6. The van der Waals surface area contributed by atoms with Crippen LogP contribution in [0.15, 0.2) is 0 Å². The normalized spacial score (nSPS) is 10.9. The molecule has 162 valence electrons. The number of carboxylic acid groups (broad SMARTS) is 1. The molecule has 0 atom stereocenters. The van der Waals surface area contributed by atoms with Gasteiger partial charge in [-0.05, 0) is 0 Å². The first-order valence-corrected chi connectivity index (χ1v) is 11.2. The second-order valence-electron chi connectivity index (χ2n) is 3.82. The molecule has 0 fully saturated rings. The summed E-state index contributed by atoms with van der Waals surface area (Å²) in [6.07, 6.45) is 0. The molecule has 0 heterocycles. The van der Waals surface area contributed by atoms with Gasteiger partial charge in [0.2, 0.25) is 0 Å². The van der Waals surface area contributed by atoms with E-state index in [-0.39, 0.29) is 43.4 Å². The molecule has 15 nitrogen and oxygen atoms in total. The predicted octanol–water partition coefficient (Wildman–Crippen LogP) is -4.47. The van der Waals surface area contributed by atoms with Crippen molar-refractivity contribution in [1.29, 1.82) is 0 Å². The van der Waals surface area contributed by atoms with Crippen molar-refractivity contribution >= 4 is 36.3 Å². The first-order valence-electron chi connectivity index (χ1n) is 6.33. The van der Waals surface area contributed by atoms with Crippen molar-refractivity contribution in [2.75, 3.05) is 43.4 Å². The summed E-state index contributed by atoms with van der Waals surface area (Å²) in [6, 6.07) is 0. The van der Waals surface area contributed by atoms with E-state index in [9.17, 15) is 30.0 Å². The summed E-state index contributed by atoms with van der Waals surface area (Å²) < 4.78 is 82.0. The van der Waals surface area contributed by atoms with Crippen LogP contribution in [0.2, 0.25) is 0 Å². The lowest BCUT2D eigenvalue weighted by molar-refractivity contribution is -0.135. The van der Waals surface area contributed by atoms with Gasteiger partial charge in [-0.15, -0.1) is 0 Å². The molecule has 0 amide bonds. The maximum atomic E-state index is 9.71. The SMILES string of the molecule is NCC(=O)O.NCCS(=O)(=O)O.NCCS(=O)(=O)O.NCCS(=O)(=O)O. The maximum absolute atomic E-state index is 9.71. The highest BCUT2D eigenvalue weighted by molar-refractivity contribution is 7.86. The Morgan fingerprint density at radius 1 is 0.615 bits per heavy atom. The number of carbonyl (C=O) groups is 1. The summed E-state index contributed by atoms with van der Waals surface area (Å²) in [7, 11) is -11.4. The summed E-state index contributed by atoms with van der Waals surface area (Å²) in [5.41, 5.74) is 18.9. The molecule has 0 unspecified atom stereocenters. The smallest absolute Gasteiger partial charge is 0.317 e. The van der Waals surface area contributed by atoms with Gasteiger partial charge in [0, 0.05) is 19.6 Å². The lowest BCUT2D eigenvalue weighted by atomic mass is 10.7. The number of aliphatic carboxylic acids is 1. The average molecular weight is 451 g/mol. The van der Waals surface area contributed by atoms with Gasteiger partial charge in [0.25, 0.3) is 30.4 Å². The van der Waals surface area contributed by atoms with Crippen LogP contribution < -0.4 is 22.9 Å². The van der Waals surface area contributed by atoms with Gasteiger partial charge in [0.15, 0.2) is 0 Å². The molecule has 0 saturated carbocycles. The maximum Gasteiger partial charge on any atom is 0.317 e. The Balaban J connectivity index is -0.000000125. The minimum absolute atomic E-state index is 0.0289. The summed E-state index contributed by atoms with van der Waals surface area (Å²) in [6.45, 7) is -0.365. The number of hydrogen-bond acceptors (Lipinski definition) is 11. The highest BCUT2D eigenvalue weighted by Crippen LogP contribution is 1.75. The van der Waals surface area contributed by atoms with E-state index in [1.165, 1.54) is 0 Å². The van der Waals surface area contributed by atoms with Gasteiger partial charge in [-0.25, -0.2) is 0 Å². The Bertz CT molecular complexity index is 564. The van der Waals surface area contributed by atoms with Crippen molar-refractivity contribution in [1.82, 2.24) is 0 Å². The molecule has 0 aliphatic carbocycles. The lowest BCUT2D eigenvalue weighted by Crippen LogP contribution is -2.13. The van der Waals surface area contributed by atoms with E-state index in [4.69, 9.17) is 36.0 Å². The fourth-order valence-corrected chi connectivity index (χ4v) is 1.34. The van der Waals surface area contributed by atoms with Crippen molar-refractivity contribution in [3.8, 4) is 0 Å². The summed E-state index contributed by atoms with van der Waals surface area (Å²) in [4.78, 5) is 9.24. The number of hydrogen-bond donors (Lipinski definition) is 8. The van der Waals surface area contributed by atoms with Crippen LogP contribution in [-0.4, -0.2) is 93.4 Å². The molecule has 12 N–H and O–H groups in total. The number of nitrogens with two attached hydrogens (primary N) is 4. The van der Waals surface area contributed by atoms with Crippen LogP contribution in [0.5, 0.6) is 0 Å². The van der Waals surface area contributed by atoms with E-state index < -0.39 is 36.3 Å². The fraction of sp³-hybridized carbons (Fsp3) is 0.875. The van der Waals surface area contributed by atoms with Crippen molar-refractivity contribution in [2.24, 2.45) is 22.9 Å². The molecule has 0 aliphatic rings. The minimum Gasteiger partial charge on any atom is -0.480 e. The number of carboxylic acids is 1. The Morgan fingerprint density at radius 3 is 0.769 bits per heavy atom. The first kappa shape index (κ1) is 32.7. The number of rotatable bonds is 7. The molecule has 18 heteroatoms. The van der Waals surface area contributed by atoms with Crippen LogP contribution in [0.3, 0.4) is 0 Å². The minimum atomic E-state index is -3.80. The van der Waals surface area contributed by atoms with E-state index in [0.717, 1.165) is 0 Å². The third-order valence-corrected chi connectivity index (χ3v) is 3.56. The molecule has 0 saturated heterocycles. The van der Waals surface area contributed by atoms with E-state index in [2.05, 4.69) is 5.73 Å². The van der Waals surface area contributed by atoms with Crippen LogP contribution >= 0.6 is 0 Å². The van der Waals surface area contributed by atoms with Gasteiger partial charge < -0.3 is 28.0 Å².